The molecule has 1 aromatic carbocycles. The Morgan fingerprint density at radius 3 is 2.44 bits per heavy atom. The van der Waals surface area contributed by atoms with Gasteiger partial charge in [0.25, 0.3) is 0 Å². The Bertz CT molecular complexity index is 668. The third-order valence-corrected chi connectivity index (χ3v) is 3.44. The fraction of sp³-hybridized carbons (Fsp3) is 0.556. The number of hydrogen-bond acceptors (Lipinski definition) is 6. The average molecular weight is 378 g/mol. The van der Waals surface area contributed by atoms with Crippen LogP contribution in [-0.2, 0) is 20.7 Å². The molecule has 9 heteroatoms. The maximum absolute atomic E-state index is 12.4. The van der Waals surface area contributed by atoms with Crippen molar-refractivity contribution < 1.29 is 24.2 Å². The third-order valence-electron chi connectivity index (χ3n) is 3.44. The lowest BCUT2D eigenvalue weighted by atomic mass is 10.0. The number of carbonyl (C=O) groups is 2. The zero-order chi connectivity index (χ0) is 20.4. The maximum atomic E-state index is 12.4. The van der Waals surface area contributed by atoms with E-state index < -0.39 is 29.8 Å². The van der Waals surface area contributed by atoms with E-state index in [1.165, 1.54) is 0 Å². The molecule has 0 fully saturated rings. The molecule has 0 aliphatic rings. The van der Waals surface area contributed by atoms with Gasteiger partial charge in [0.2, 0.25) is 6.04 Å². The van der Waals surface area contributed by atoms with Crippen LogP contribution in [0.5, 0.6) is 0 Å². The number of aliphatic hydroxyl groups is 1. The van der Waals surface area contributed by atoms with Crippen molar-refractivity contribution in [3.63, 3.8) is 0 Å². The van der Waals surface area contributed by atoms with Crippen LogP contribution in [0.25, 0.3) is 10.4 Å². The second-order valence-corrected chi connectivity index (χ2v) is 6.79. The molecule has 0 spiro atoms. The first kappa shape index (κ1) is 22.3. The van der Waals surface area contributed by atoms with Crippen LogP contribution in [0, 0.1) is 0 Å². The molecule has 1 N–H and O–H groups in total. The lowest BCUT2D eigenvalue weighted by Crippen LogP contribution is -2.51. The first-order valence-corrected chi connectivity index (χ1v) is 8.65. The van der Waals surface area contributed by atoms with Crippen LogP contribution in [0.4, 0.5) is 4.79 Å². The number of carbonyl (C=O) groups excluding carboxylic acids is 2. The van der Waals surface area contributed by atoms with Crippen molar-refractivity contribution in [2.75, 3.05) is 6.61 Å². The van der Waals surface area contributed by atoms with Crippen molar-refractivity contribution >= 4 is 12.1 Å². The number of benzene rings is 1. The van der Waals surface area contributed by atoms with E-state index in [2.05, 4.69) is 10.1 Å². The second kappa shape index (κ2) is 10.4. The van der Waals surface area contributed by atoms with Crippen molar-refractivity contribution in [2.45, 2.75) is 58.3 Å². The van der Waals surface area contributed by atoms with Crippen molar-refractivity contribution in [3.05, 3.63) is 46.3 Å². The molecule has 2 atom stereocenters. The minimum absolute atomic E-state index is 0.0408. The maximum Gasteiger partial charge on any atom is 0.511 e. The van der Waals surface area contributed by atoms with E-state index in [1.807, 2.05) is 30.3 Å². The highest BCUT2D eigenvalue weighted by molar-refractivity contribution is 5.82. The topological polar surface area (TPSA) is 125 Å². The highest BCUT2D eigenvalue weighted by Gasteiger charge is 2.43. The number of aryl methyl sites for hydroxylation is 1. The van der Waals surface area contributed by atoms with Gasteiger partial charge in [-0.1, -0.05) is 30.3 Å². The van der Waals surface area contributed by atoms with Gasteiger partial charge in [0, 0.05) is 0 Å². The van der Waals surface area contributed by atoms with Gasteiger partial charge in [-0.2, -0.15) is 9.71 Å². The Kier molecular flexibility index (Phi) is 8.58. The summed E-state index contributed by atoms with van der Waals surface area (Å²) >= 11 is 0. The molecule has 0 saturated carbocycles. The number of ether oxygens (including phenoxy) is 2. The predicted octanol–water partition coefficient (Wildman–Crippen LogP) is 3.37. The molecular formula is C18H26N4O5. The Balaban J connectivity index is 3.05. The summed E-state index contributed by atoms with van der Waals surface area (Å²) in [5, 5.41) is 14.3. The third kappa shape index (κ3) is 7.55. The SMILES string of the molecule is CCOC(=O)C(C(O)CCc1ccccc1)N(N=[N+]=[N-])C(=O)OC(C)(C)C. The molecule has 9 nitrogen and oxygen atoms in total. The summed E-state index contributed by atoms with van der Waals surface area (Å²) < 4.78 is 10.1. The number of nitrogens with zero attached hydrogens (tertiary/aromatic N) is 4. The van der Waals surface area contributed by atoms with E-state index in [4.69, 9.17) is 15.0 Å². The zero-order valence-electron chi connectivity index (χ0n) is 16.0. The molecule has 0 aliphatic carbocycles. The fourth-order valence-corrected chi connectivity index (χ4v) is 2.32. The number of amides is 1. The number of azide groups is 1. The van der Waals surface area contributed by atoms with Gasteiger partial charge in [-0.3, -0.25) is 0 Å². The number of aliphatic hydroxyl groups excluding tert-OH is 1. The zero-order valence-corrected chi connectivity index (χ0v) is 16.0. The average Bonchev–Trinajstić information content (AvgIpc) is 2.59. The molecule has 1 aromatic rings. The molecule has 0 bridgehead atoms. The minimum Gasteiger partial charge on any atom is -0.463 e. The van der Waals surface area contributed by atoms with Gasteiger partial charge in [-0.25, -0.2) is 4.79 Å². The highest BCUT2D eigenvalue weighted by Crippen LogP contribution is 2.18. The van der Waals surface area contributed by atoms with E-state index >= 15 is 0 Å². The van der Waals surface area contributed by atoms with E-state index in [0.29, 0.717) is 11.4 Å². The largest absolute Gasteiger partial charge is 0.511 e. The number of rotatable bonds is 8. The monoisotopic (exact) mass is 378 g/mol. The summed E-state index contributed by atoms with van der Waals surface area (Å²) in [5.41, 5.74) is 8.88. The first-order valence-electron chi connectivity index (χ1n) is 8.65. The fourth-order valence-electron chi connectivity index (χ4n) is 2.32. The quantitative estimate of drug-likeness (QED) is 0.244. The van der Waals surface area contributed by atoms with Gasteiger partial charge in [-0.05, 0) is 51.3 Å². The summed E-state index contributed by atoms with van der Waals surface area (Å²) in [4.78, 5) is 27.3. The summed E-state index contributed by atoms with van der Waals surface area (Å²) in [6, 6.07) is 7.83. The van der Waals surface area contributed by atoms with E-state index in [1.54, 1.807) is 27.7 Å². The Morgan fingerprint density at radius 1 is 1.30 bits per heavy atom. The lowest BCUT2D eigenvalue weighted by Gasteiger charge is -2.27. The van der Waals surface area contributed by atoms with Crippen molar-refractivity contribution in [1.29, 1.82) is 0 Å². The lowest BCUT2D eigenvalue weighted by molar-refractivity contribution is -0.154. The Morgan fingerprint density at radius 2 is 1.93 bits per heavy atom. The number of esters is 1. The summed E-state index contributed by atoms with van der Waals surface area (Å²) in [6.45, 7) is 6.52. The van der Waals surface area contributed by atoms with Gasteiger partial charge in [-0.15, -0.1) is 10.5 Å². The van der Waals surface area contributed by atoms with Gasteiger partial charge >= 0.3 is 12.1 Å². The van der Waals surface area contributed by atoms with Gasteiger partial charge in [0.15, 0.2) is 0 Å². The molecule has 0 saturated heterocycles. The standard InChI is InChI=1S/C18H26N4O5/c1-5-26-16(24)15(14(23)12-11-13-9-7-6-8-10-13)22(21-20-19)17(25)27-18(2,3)4/h6-10,14-15,23H,5,11-12H2,1-4H3. The molecular weight excluding hydrogens is 352 g/mol. The summed E-state index contributed by atoms with van der Waals surface area (Å²) in [7, 11) is 0. The second-order valence-electron chi connectivity index (χ2n) is 6.79. The van der Waals surface area contributed by atoms with Gasteiger partial charge in [0.1, 0.15) is 11.7 Å². The van der Waals surface area contributed by atoms with Crippen molar-refractivity contribution in [2.24, 2.45) is 5.22 Å². The summed E-state index contributed by atoms with van der Waals surface area (Å²) in [5.74, 6) is -0.878. The molecule has 1 rings (SSSR count). The molecule has 0 radical (unpaired) electrons. The Labute approximate surface area is 158 Å². The van der Waals surface area contributed by atoms with Crippen LogP contribution in [0.1, 0.15) is 39.7 Å². The normalized spacial score (nSPS) is 13.1. The molecule has 27 heavy (non-hydrogen) atoms. The smallest absolute Gasteiger partial charge is 0.463 e. The highest BCUT2D eigenvalue weighted by atomic mass is 16.6. The summed E-state index contributed by atoms with van der Waals surface area (Å²) in [6.07, 6.45) is -1.76. The Hall–Kier alpha value is -2.77. The van der Waals surface area contributed by atoms with Gasteiger partial charge in [0.05, 0.1) is 6.61 Å². The van der Waals surface area contributed by atoms with E-state index in [9.17, 15) is 14.7 Å². The molecule has 2 unspecified atom stereocenters. The van der Waals surface area contributed by atoms with Crippen molar-refractivity contribution in [3.8, 4) is 0 Å². The van der Waals surface area contributed by atoms with Crippen LogP contribution < -0.4 is 0 Å². The molecule has 1 amide bonds. The van der Waals surface area contributed by atoms with Crippen molar-refractivity contribution in [1.82, 2.24) is 5.01 Å². The first-order chi connectivity index (χ1) is 12.7. The molecule has 0 aromatic heterocycles. The van der Waals surface area contributed by atoms with Crippen LogP contribution in [0.2, 0.25) is 0 Å². The van der Waals surface area contributed by atoms with Crippen LogP contribution in [-0.4, -0.2) is 46.5 Å². The van der Waals surface area contributed by atoms with Crippen LogP contribution in [0.3, 0.4) is 0 Å². The van der Waals surface area contributed by atoms with Crippen LogP contribution in [0.15, 0.2) is 35.6 Å². The minimum atomic E-state index is -1.51. The van der Waals surface area contributed by atoms with E-state index in [-0.39, 0.29) is 13.0 Å². The van der Waals surface area contributed by atoms with Crippen LogP contribution >= 0.6 is 0 Å². The predicted molar refractivity (Wildman–Crippen MR) is 98.4 cm³/mol. The molecule has 148 valence electrons. The molecule has 0 heterocycles. The van der Waals surface area contributed by atoms with E-state index in [0.717, 1.165) is 5.56 Å². The molecule has 0 aliphatic heterocycles. The van der Waals surface area contributed by atoms with Gasteiger partial charge < -0.3 is 14.6 Å². The number of hydrogen-bond donors (Lipinski definition) is 1.